The van der Waals surface area contributed by atoms with Crippen molar-refractivity contribution in [1.82, 2.24) is 4.90 Å². The predicted octanol–water partition coefficient (Wildman–Crippen LogP) is 0.353. The van der Waals surface area contributed by atoms with Crippen molar-refractivity contribution in [3.63, 3.8) is 0 Å². The Kier molecular flexibility index (Phi) is 2.89. The van der Waals surface area contributed by atoms with Gasteiger partial charge >= 0.3 is 0 Å². The number of aliphatic imine (C=N–C) groups is 1. The molecule has 0 spiro atoms. The zero-order valence-corrected chi connectivity index (χ0v) is 6.95. The highest BCUT2D eigenvalue weighted by atomic mass is 16.6. The number of hydrogen-bond acceptors (Lipinski definition) is 4. The van der Waals surface area contributed by atoms with Crippen LogP contribution in [0.25, 0.3) is 0 Å². The van der Waals surface area contributed by atoms with Gasteiger partial charge in [-0.1, -0.05) is 5.16 Å². The molecule has 0 unspecified atom stereocenters. The van der Waals surface area contributed by atoms with Crippen molar-refractivity contribution in [3.8, 4) is 0 Å². The molecule has 11 heavy (non-hydrogen) atoms. The average molecular weight is 155 g/mol. The van der Waals surface area contributed by atoms with Crippen molar-refractivity contribution in [2.24, 2.45) is 10.1 Å². The Labute approximate surface area is 66.5 Å². The van der Waals surface area contributed by atoms with Crippen molar-refractivity contribution >= 4 is 12.1 Å². The molecule has 0 aliphatic carbocycles. The molecular formula is C7H13N3O. The van der Waals surface area contributed by atoms with E-state index in [1.165, 1.54) is 0 Å². The van der Waals surface area contributed by atoms with Crippen molar-refractivity contribution in [1.29, 1.82) is 0 Å². The number of oxime groups is 1. The molecule has 4 nitrogen and oxygen atoms in total. The molecule has 0 saturated carbocycles. The summed E-state index contributed by atoms with van der Waals surface area (Å²) in [6.45, 7) is 4.35. The monoisotopic (exact) mass is 155 g/mol. The highest BCUT2D eigenvalue weighted by Gasteiger charge is 2.08. The second-order valence-corrected chi connectivity index (χ2v) is 2.31. The van der Waals surface area contributed by atoms with E-state index in [9.17, 15) is 0 Å². The van der Waals surface area contributed by atoms with Crippen LogP contribution in [0, 0.1) is 0 Å². The second kappa shape index (κ2) is 3.95. The molecule has 0 aromatic heterocycles. The molecule has 0 atom stereocenters. The van der Waals surface area contributed by atoms with E-state index in [4.69, 9.17) is 4.84 Å². The third-order valence-electron chi connectivity index (χ3n) is 1.47. The highest BCUT2D eigenvalue weighted by molar-refractivity contribution is 6.29. The minimum absolute atomic E-state index is 0.605. The smallest absolute Gasteiger partial charge is 0.145 e. The molecular weight excluding hydrogens is 142 g/mol. The van der Waals surface area contributed by atoms with Gasteiger partial charge in [0, 0.05) is 13.6 Å². The minimum Gasteiger partial charge on any atom is -0.396 e. The Bertz CT molecular complexity index is 177. The lowest BCUT2D eigenvalue weighted by atomic mass is 10.6. The SMILES string of the molecule is CCO/N=C/C1=NCCN1C. The number of nitrogens with zero attached hydrogens (tertiary/aromatic N) is 3. The second-order valence-electron chi connectivity index (χ2n) is 2.31. The zero-order chi connectivity index (χ0) is 8.10. The Hall–Kier alpha value is -1.06. The third-order valence-corrected chi connectivity index (χ3v) is 1.47. The third kappa shape index (κ3) is 2.22. The van der Waals surface area contributed by atoms with Gasteiger partial charge in [-0.15, -0.1) is 0 Å². The molecule has 0 radical (unpaired) electrons. The first-order chi connectivity index (χ1) is 5.34. The number of amidine groups is 1. The minimum atomic E-state index is 0.605. The highest BCUT2D eigenvalue weighted by Crippen LogP contribution is 1.95. The van der Waals surface area contributed by atoms with E-state index >= 15 is 0 Å². The fraction of sp³-hybridized carbons (Fsp3) is 0.714. The molecule has 4 heteroatoms. The standard InChI is InChI=1S/C7H13N3O/c1-3-11-9-6-7-8-4-5-10(7)2/h6H,3-5H2,1-2H3/b9-6+. The van der Waals surface area contributed by atoms with Gasteiger partial charge in [0.1, 0.15) is 18.7 Å². The number of rotatable bonds is 3. The maximum absolute atomic E-state index is 4.81. The lowest BCUT2D eigenvalue weighted by Crippen LogP contribution is -2.23. The molecule has 0 aromatic rings. The van der Waals surface area contributed by atoms with Gasteiger partial charge in [0.25, 0.3) is 0 Å². The van der Waals surface area contributed by atoms with Gasteiger partial charge in [0.15, 0.2) is 0 Å². The van der Waals surface area contributed by atoms with Gasteiger partial charge in [-0.25, -0.2) is 0 Å². The van der Waals surface area contributed by atoms with Crippen LogP contribution in [0.3, 0.4) is 0 Å². The fourth-order valence-electron chi connectivity index (χ4n) is 0.848. The molecule has 0 amide bonds. The molecule has 0 fully saturated rings. The summed E-state index contributed by atoms with van der Waals surface area (Å²) >= 11 is 0. The predicted molar refractivity (Wildman–Crippen MR) is 45.1 cm³/mol. The van der Waals surface area contributed by atoms with Gasteiger partial charge in [-0.2, -0.15) is 0 Å². The largest absolute Gasteiger partial charge is 0.396 e. The molecule has 0 aromatic carbocycles. The Morgan fingerprint density at radius 3 is 3.18 bits per heavy atom. The van der Waals surface area contributed by atoms with Crippen molar-refractivity contribution < 1.29 is 4.84 Å². The van der Waals surface area contributed by atoms with E-state index < -0.39 is 0 Å². The van der Waals surface area contributed by atoms with Gasteiger partial charge in [0.05, 0.1) is 6.54 Å². The van der Waals surface area contributed by atoms with Gasteiger partial charge in [0.2, 0.25) is 0 Å². The maximum atomic E-state index is 4.81. The van der Waals surface area contributed by atoms with Crippen LogP contribution in [0.4, 0.5) is 0 Å². The van der Waals surface area contributed by atoms with Gasteiger partial charge < -0.3 is 9.74 Å². The quantitative estimate of drug-likeness (QED) is 0.435. The van der Waals surface area contributed by atoms with Crippen LogP contribution in [0.1, 0.15) is 6.92 Å². The first-order valence-corrected chi connectivity index (χ1v) is 3.75. The molecule has 0 bridgehead atoms. The maximum Gasteiger partial charge on any atom is 0.145 e. The van der Waals surface area contributed by atoms with Crippen LogP contribution in [-0.4, -0.2) is 43.7 Å². The first kappa shape index (κ1) is 8.04. The summed E-state index contributed by atoms with van der Waals surface area (Å²) in [5, 5.41) is 3.72. The Morgan fingerprint density at radius 2 is 2.64 bits per heavy atom. The normalized spacial score (nSPS) is 17.6. The van der Waals surface area contributed by atoms with Crippen LogP contribution in [0.2, 0.25) is 0 Å². The Balaban J connectivity index is 2.36. The summed E-state index contributed by atoms with van der Waals surface area (Å²) in [6, 6.07) is 0. The van der Waals surface area contributed by atoms with Crippen LogP contribution in [0.15, 0.2) is 10.1 Å². The summed E-state index contributed by atoms with van der Waals surface area (Å²) in [7, 11) is 1.99. The lowest BCUT2D eigenvalue weighted by molar-refractivity contribution is 0.161. The number of likely N-dealkylation sites (N-methyl/N-ethyl adjacent to an activating group) is 1. The topological polar surface area (TPSA) is 37.2 Å². The van der Waals surface area contributed by atoms with E-state index in [2.05, 4.69) is 10.1 Å². The summed E-state index contributed by atoms with van der Waals surface area (Å²) in [4.78, 5) is 11.1. The van der Waals surface area contributed by atoms with Gasteiger partial charge in [-0.05, 0) is 6.92 Å². The summed E-state index contributed by atoms with van der Waals surface area (Å²) < 4.78 is 0. The van der Waals surface area contributed by atoms with Crippen LogP contribution < -0.4 is 0 Å². The van der Waals surface area contributed by atoms with Crippen molar-refractivity contribution in [3.05, 3.63) is 0 Å². The van der Waals surface area contributed by atoms with Crippen LogP contribution >= 0.6 is 0 Å². The van der Waals surface area contributed by atoms with E-state index in [0.29, 0.717) is 6.61 Å². The molecule has 0 saturated heterocycles. The summed E-state index contributed by atoms with van der Waals surface area (Å²) in [6.07, 6.45) is 1.65. The van der Waals surface area contributed by atoms with E-state index in [-0.39, 0.29) is 0 Å². The van der Waals surface area contributed by atoms with Crippen LogP contribution in [0.5, 0.6) is 0 Å². The van der Waals surface area contributed by atoms with E-state index in [1.54, 1.807) is 6.21 Å². The van der Waals surface area contributed by atoms with Crippen molar-refractivity contribution in [2.75, 3.05) is 26.7 Å². The molecule has 1 rings (SSSR count). The Morgan fingerprint density at radius 1 is 1.82 bits per heavy atom. The first-order valence-electron chi connectivity index (χ1n) is 3.75. The summed E-state index contributed by atoms with van der Waals surface area (Å²) in [5.74, 6) is 0.901. The molecule has 1 aliphatic rings. The zero-order valence-electron chi connectivity index (χ0n) is 6.95. The number of hydrogen-bond donors (Lipinski definition) is 0. The molecule has 1 heterocycles. The van der Waals surface area contributed by atoms with Crippen molar-refractivity contribution in [2.45, 2.75) is 6.92 Å². The molecule has 62 valence electrons. The summed E-state index contributed by atoms with van der Waals surface area (Å²) in [5.41, 5.74) is 0. The molecule has 1 aliphatic heterocycles. The lowest BCUT2D eigenvalue weighted by Gasteiger charge is -2.08. The van der Waals surface area contributed by atoms with E-state index in [1.807, 2.05) is 18.9 Å². The fourth-order valence-corrected chi connectivity index (χ4v) is 0.848. The van der Waals surface area contributed by atoms with Crippen LogP contribution in [-0.2, 0) is 4.84 Å². The van der Waals surface area contributed by atoms with E-state index in [0.717, 1.165) is 18.9 Å². The molecule has 0 N–H and O–H groups in total. The average Bonchev–Trinajstić information content (AvgIpc) is 2.37. The van der Waals surface area contributed by atoms with Gasteiger partial charge in [-0.3, -0.25) is 4.99 Å².